The summed E-state index contributed by atoms with van der Waals surface area (Å²) in [4.78, 5) is 15.4. The van der Waals surface area contributed by atoms with Gasteiger partial charge in [0.25, 0.3) is 0 Å². The van der Waals surface area contributed by atoms with Gasteiger partial charge in [-0.05, 0) is 100 Å². The van der Waals surface area contributed by atoms with Crippen molar-refractivity contribution in [3.8, 4) is 5.75 Å². The van der Waals surface area contributed by atoms with Crippen molar-refractivity contribution in [3.63, 3.8) is 0 Å². The fourth-order valence-corrected chi connectivity index (χ4v) is 5.92. The van der Waals surface area contributed by atoms with Crippen LogP contribution in [0.25, 0.3) is 11.0 Å². The van der Waals surface area contributed by atoms with E-state index in [4.69, 9.17) is 14.7 Å². The fraction of sp³-hybridized carbons (Fsp3) is 0.387. The Morgan fingerprint density at radius 1 is 0.949 bits per heavy atom. The van der Waals surface area contributed by atoms with Gasteiger partial charge >= 0.3 is 0 Å². The third-order valence-electron chi connectivity index (χ3n) is 6.73. The normalized spacial score (nSPS) is 14.2. The number of fused-ring (bicyclic) bond motifs is 1. The van der Waals surface area contributed by atoms with E-state index in [0.29, 0.717) is 28.6 Å². The molecule has 1 aliphatic rings. The van der Waals surface area contributed by atoms with Crippen molar-refractivity contribution in [1.82, 2.24) is 20.3 Å². The Labute approximate surface area is 235 Å². The Bertz CT molecular complexity index is 1430. The maximum Gasteiger partial charge on any atom is 0.231 e. The molecule has 204 valence electrons. The number of ether oxygens (including phenoxy) is 1. The molecule has 39 heavy (non-hydrogen) atoms. The minimum Gasteiger partial charge on any atom is -0.489 e. The highest BCUT2D eigenvalue weighted by molar-refractivity contribution is 8.00. The highest BCUT2D eigenvalue weighted by Gasteiger charge is 2.21. The van der Waals surface area contributed by atoms with Crippen LogP contribution >= 0.6 is 11.8 Å². The number of para-hydroxylation sites is 1. The minimum atomic E-state index is 0.0421. The molecular formula is C31H38N6OS. The molecule has 0 amide bonds. The molecule has 0 radical (unpaired) electrons. The zero-order chi connectivity index (χ0) is 27.4. The van der Waals surface area contributed by atoms with Crippen LogP contribution in [0.3, 0.4) is 0 Å². The molecular weight excluding hydrogens is 504 g/mol. The van der Waals surface area contributed by atoms with Gasteiger partial charge in [-0.1, -0.05) is 26.0 Å². The molecule has 0 aliphatic carbocycles. The number of pyridine rings is 1. The van der Waals surface area contributed by atoms with Crippen molar-refractivity contribution in [2.45, 2.75) is 69.6 Å². The molecule has 1 aliphatic heterocycles. The highest BCUT2D eigenvalue weighted by atomic mass is 32.2. The maximum atomic E-state index is 6.30. The molecule has 8 heteroatoms. The molecule has 0 spiro atoms. The lowest BCUT2D eigenvalue weighted by atomic mass is 9.87. The topological polar surface area (TPSA) is 84.0 Å². The average Bonchev–Trinajstić information content (AvgIpc) is 2.91. The highest BCUT2D eigenvalue weighted by Crippen LogP contribution is 2.38. The molecule has 0 unspecified atom stereocenters. The minimum absolute atomic E-state index is 0.0421. The van der Waals surface area contributed by atoms with Gasteiger partial charge in [0.2, 0.25) is 5.95 Å². The quantitative estimate of drug-likeness (QED) is 0.187. The molecule has 0 bridgehead atoms. The Morgan fingerprint density at radius 2 is 1.74 bits per heavy atom. The zero-order valence-electron chi connectivity index (χ0n) is 23.4. The first-order chi connectivity index (χ1) is 18.9. The van der Waals surface area contributed by atoms with Crippen LogP contribution < -0.4 is 20.7 Å². The summed E-state index contributed by atoms with van der Waals surface area (Å²) < 4.78 is 6.30. The summed E-state index contributed by atoms with van der Waals surface area (Å²) in [6, 6.07) is 16.6. The van der Waals surface area contributed by atoms with Gasteiger partial charge in [-0.15, -0.1) is 11.8 Å². The third kappa shape index (κ3) is 6.62. The van der Waals surface area contributed by atoms with Crippen LogP contribution in [0.4, 0.5) is 23.1 Å². The molecule has 3 heterocycles. The number of thioether (sulfide) groups is 1. The maximum absolute atomic E-state index is 6.30. The van der Waals surface area contributed by atoms with Gasteiger partial charge < -0.3 is 20.7 Å². The number of nitrogens with one attached hydrogen (secondary N) is 3. The van der Waals surface area contributed by atoms with Crippen molar-refractivity contribution in [3.05, 3.63) is 65.9 Å². The van der Waals surface area contributed by atoms with E-state index in [1.54, 1.807) is 6.20 Å². The Kier molecular flexibility index (Phi) is 8.53. The second kappa shape index (κ2) is 12.2. The molecule has 0 saturated carbocycles. The van der Waals surface area contributed by atoms with Crippen LogP contribution in [0.1, 0.15) is 57.6 Å². The molecule has 3 N–H and O–H groups in total. The SMILES string of the molecule is Cc1cc(Nc2nc(Nc3ccccc3SC(C)C)c3cccnc3n2)c(OC(C)C)cc1C1CCNCC1. The van der Waals surface area contributed by atoms with Crippen LogP contribution in [-0.2, 0) is 0 Å². The predicted molar refractivity (Wildman–Crippen MR) is 163 cm³/mol. The molecule has 0 atom stereocenters. The molecule has 4 aromatic rings. The van der Waals surface area contributed by atoms with E-state index in [2.05, 4.69) is 85.9 Å². The Morgan fingerprint density at radius 3 is 2.51 bits per heavy atom. The van der Waals surface area contributed by atoms with Crippen LogP contribution in [0, 0.1) is 6.92 Å². The van der Waals surface area contributed by atoms with Crippen molar-refractivity contribution in [2.24, 2.45) is 0 Å². The van der Waals surface area contributed by atoms with Crippen molar-refractivity contribution in [1.29, 1.82) is 0 Å². The summed E-state index contributed by atoms with van der Waals surface area (Å²) in [6.07, 6.45) is 4.08. The Balaban J connectivity index is 1.52. The van der Waals surface area contributed by atoms with Crippen molar-refractivity contribution in [2.75, 3.05) is 23.7 Å². The fourth-order valence-electron chi connectivity index (χ4n) is 5.01. The van der Waals surface area contributed by atoms with Crippen LogP contribution in [0.5, 0.6) is 5.75 Å². The lowest BCUT2D eigenvalue weighted by Gasteiger charge is -2.26. The van der Waals surface area contributed by atoms with E-state index in [1.807, 2.05) is 30.0 Å². The number of anilines is 4. The van der Waals surface area contributed by atoms with Gasteiger partial charge in [0, 0.05) is 16.3 Å². The summed E-state index contributed by atoms with van der Waals surface area (Å²) >= 11 is 1.82. The molecule has 1 saturated heterocycles. The second-order valence-corrected chi connectivity index (χ2v) is 12.2. The second-order valence-electron chi connectivity index (χ2n) is 10.6. The summed E-state index contributed by atoms with van der Waals surface area (Å²) in [5.74, 6) is 2.54. The lowest BCUT2D eigenvalue weighted by molar-refractivity contribution is 0.243. The number of nitrogens with zero attached hydrogens (tertiary/aromatic N) is 3. The van der Waals surface area contributed by atoms with Gasteiger partial charge in [0.05, 0.1) is 22.9 Å². The number of aromatic nitrogens is 3. The number of hydrogen-bond donors (Lipinski definition) is 3. The molecule has 5 rings (SSSR count). The molecule has 2 aromatic heterocycles. The van der Waals surface area contributed by atoms with E-state index in [-0.39, 0.29) is 6.10 Å². The van der Waals surface area contributed by atoms with E-state index in [1.165, 1.54) is 16.0 Å². The lowest BCUT2D eigenvalue weighted by Crippen LogP contribution is -2.27. The number of rotatable bonds is 9. The summed E-state index contributed by atoms with van der Waals surface area (Å²) in [6.45, 7) is 12.8. The summed E-state index contributed by atoms with van der Waals surface area (Å²) in [5, 5.41) is 11.8. The first-order valence-electron chi connectivity index (χ1n) is 13.8. The zero-order valence-corrected chi connectivity index (χ0v) is 24.2. The van der Waals surface area contributed by atoms with E-state index >= 15 is 0 Å². The predicted octanol–water partition coefficient (Wildman–Crippen LogP) is 7.58. The standard InChI is InChI=1S/C31H38N6OS/c1-19(2)38-27-18-24(22-12-15-32-16-13-22)21(5)17-26(27)35-31-36-29-23(9-8-14-33-29)30(37-31)34-25-10-6-7-11-28(25)39-20(3)4/h6-11,14,17-20,22,32H,12-13,15-16H2,1-5H3,(H2,33,34,35,36,37). The van der Waals surface area contributed by atoms with E-state index in [0.717, 1.165) is 48.4 Å². The summed E-state index contributed by atoms with van der Waals surface area (Å²) in [7, 11) is 0. The molecule has 2 aromatic carbocycles. The van der Waals surface area contributed by atoms with Gasteiger partial charge in [0.1, 0.15) is 11.6 Å². The van der Waals surface area contributed by atoms with Crippen LogP contribution in [0.15, 0.2) is 59.6 Å². The van der Waals surface area contributed by atoms with Gasteiger partial charge in [-0.2, -0.15) is 9.97 Å². The molecule has 1 fully saturated rings. The first kappa shape index (κ1) is 27.2. The van der Waals surface area contributed by atoms with Gasteiger partial charge in [0.15, 0.2) is 5.65 Å². The first-order valence-corrected chi connectivity index (χ1v) is 14.7. The number of hydrogen-bond acceptors (Lipinski definition) is 8. The smallest absolute Gasteiger partial charge is 0.231 e. The van der Waals surface area contributed by atoms with Crippen molar-refractivity contribution < 1.29 is 4.74 Å². The van der Waals surface area contributed by atoms with E-state index in [9.17, 15) is 0 Å². The Hall–Kier alpha value is -3.36. The number of benzene rings is 2. The summed E-state index contributed by atoms with van der Waals surface area (Å²) in [5.41, 5.74) is 5.10. The van der Waals surface area contributed by atoms with Crippen LogP contribution in [-0.4, -0.2) is 39.4 Å². The number of piperidine rings is 1. The van der Waals surface area contributed by atoms with Crippen molar-refractivity contribution >= 4 is 45.9 Å². The molecule has 7 nitrogen and oxygen atoms in total. The number of aryl methyl sites for hydroxylation is 1. The average molecular weight is 543 g/mol. The third-order valence-corrected chi connectivity index (χ3v) is 7.81. The van der Waals surface area contributed by atoms with Gasteiger partial charge in [-0.3, -0.25) is 0 Å². The van der Waals surface area contributed by atoms with Crippen LogP contribution in [0.2, 0.25) is 0 Å². The van der Waals surface area contributed by atoms with Gasteiger partial charge in [-0.25, -0.2) is 4.98 Å². The van der Waals surface area contributed by atoms with E-state index < -0.39 is 0 Å². The largest absolute Gasteiger partial charge is 0.489 e. The monoisotopic (exact) mass is 542 g/mol.